The van der Waals surface area contributed by atoms with E-state index < -0.39 is 0 Å². The van der Waals surface area contributed by atoms with Gasteiger partial charge in [0.15, 0.2) is 0 Å². The second-order valence-electron chi connectivity index (χ2n) is 2.76. The lowest BCUT2D eigenvalue weighted by atomic mass is 10.1. The monoisotopic (exact) mass is 153 g/mol. The smallest absolute Gasteiger partial charge is 0.0243 e. The van der Waals surface area contributed by atoms with Gasteiger partial charge in [-0.15, -0.1) is 11.8 Å². The van der Waals surface area contributed by atoms with E-state index in [1.165, 1.54) is 19.3 Å². The third-order valence-corrected chi connectivity index (χ3v) is 1.84. The van der Waals surface area contributed by atoms with E-state index >= 15 is 0 Å². The lowest BCUT2D eigenvalue weighted by Crippen LogP contribution is -2.24. The summed E-state index contributed by atoms with van der Waals surface area (Å²) in [4.78, 5) is 0. The molecule has 11 heavy (non-hydrogen) atoms. The van der Waals surface area contributed by atoms with Gasteiger partial charge in [0.2, 0.25) is 0 Å². The zero-order chi connectivity index (χ0) is 8.53. The minimum atomic E-state index is 0.599. The molecule has 0 aliphatic rings. The molecule has 0 aromatic rings. The Morgan fingerprint density at radius 2 is 2.18 bits per heavy atom. The quantitative estimate of drug-likeness (QED) is 0.597. The molecule has 0 aromatic heterocycles. The van der Waals surface area contributed by atoms with Gasteiger partial charge in [-0.25, -0.2) is 0 Å². The minimum absolute atomic E-state index is 0.599. The molecule has 64 valence electrons. The van der Waals surface area contributed by atoms with Crippen LogP contribution in [0.15, 0.2) is 0 Å². The molecule has 0 aromatic carbocycles. The topological polar surface area (TPSA) is 12.0 Å². The van der Waals surface area contributed by atoms with Crippen molar-refractivity contribution in [2.24, 2.45) is 0 Å². The first kappa shape index (κ1) is 10.5. The Morgan fingerprint density at radius 3 is 2.64 bits per heavy atom. The molecule has 1 N–H and O–H groups in total. The average Bonchev–Trinajstić information content (AvgIpc) is 2.05. The van der Waals surface area contributed by atoms with Gasteiger partial charge in [0.25, 0.3) is 0 Å². The molecule has 0 rings (SSSR count). The van der Waals surface area contributed by atoms with Crippen LogP contribution in [0, 0.1) is 11.8 Å². The summed E-state index contributed by atoms with van der Waals surface area (Å²) in [6.07, 6.45) is 4.82. The Bertz CT molecular complexity index is 130. The Morgan fingerprint density at radius 1 is 1.45 bits per heavy atom. The van der Waals surface area contributed by atoms with Crippen molar-refractivity contribution in [1.29, 1.82) is 0 Å². The van der Waals surface area contributed by atoms with Crippen LogP contribution in [-0.2, 0) is 0 Å². The predicted molar refractivity (Wildman–Crippen MR) is 50.4 cm³/mol. The molecule has 0 spiro atoms. The molecule has 1 nitrogen and oxygen atoms in total. The van der Waals surface area contributed by atoms with Gasteiger partial charge in [-0.1, -0.05) is 19.8 Å². The van der Waals surface area contributed by atoms with E-state index in [1.54, 1.807) is 0 Å². The molecule has 0 amide bonds. The van der Waals surface area contributed by atoms with Crippen molar-refractivity contribution in [3.05, 3.63) is 0 Å². The predicted octanol–water partition coefficient (Wildman–Crippen LogP) is 2.18. The van der Waals surface area contributed by atoms with Gasteiger partial charge in [-0.05, 0) is 20.4 Å². The summed E-state index contributed by atoms with van der Waals surface area (Å²) in [5.41, 5.74) is 0. The Balaban J connectivity index is 3.46. The molecule has 1 atom stereocenters. The second kappa shape index (κ2) is 7.63. The fourth-order valence-electron chi connectivity index (χ4n) is 1.02. The van der Waals surface area contributed by atoms with Crippen LogP contribution >= 0.6 is 0 Å². The van der Waals surface area contributed by atoms with Crippen LogP contribution in [0.25, 0.3) is 0 Å². The molecule has 0 aliphatic heterocycles. The fraction of sp³-hybridized carbons (Fsp3) is 0.800. The fourth-order valence-corrected chi connectivity index (χ4v) is 1.02. The van der Waals surface area contributed by atoms with E-state index in [9.17, 15) is 0 Å². The van der Waals surface area contributed by atoms with Gasteiger partial charge in [-0.3, -0.25) is 0 Å². The van der Waals surface area contributed by atoms with Crippen molar-refractivity contribution in [3.8, 4) is 11.8 Å². The highest BCUT2D eigenvalue weighted by atomic mass is 14.9. The summed E-state index contributed by atoms with van der Waals surface area (Å²) in [7, 11) is 2.01. The molecule has 1 heteroatoms. The van der Waals surface area contributed by atoms with E-state index in [0.29, 0.717) is 6.04 Å². The lowest BCUT2D eigenvalue weighted by Gasteiger charge is -2.11. The number of rotatable bonds is 5. The molecule has 0 radical (unpaired) electrons. The average molecular weight is 153 g/mol. The zero-order valence-corrected chi connectivity index (χ0v) is 7.91. The van der Waals surface area contributed by atoms with Crippen molar-refractivity contribution in [2.75, 3.05) is 7.05 Å². The summed E-state index contributed by atoms with van der Waals surface area (Å²) in [5.74, 6) is 6.01. The lowest BCUT2D eigenvalue weighted by molar-refractivity contribution is 0.510. The first-order valence-corrected chi connectivity index (χ1v) is 4.42. The largest absolute Gasteiger partial charge is 0.316 e. The van der Waals surface area contributed by atoms with E-state index in [4.69, 9.17) is 0 Å². The SMILES string of the molecule is CC#CCC(CCCC)NC. The van der Waals surface area contributed by atoms with Crippen LogP contribution in [0.4, 0.5) is 0 Å². The van der Waals surface area contributed by atoms with E-state index in [0.717, 1.165) is 6.42 Å². The molecular weight excluding hydrogens is 134 g/mol. The third-order valence-electron chi connectivity index (χ3n) is 1.84. The maximum Gasteiger partial charge on any atom is 0.0243 e. The Labute approximate surface area is 70.6 Å². The van der Waals surface area contributed by atoms with E-state index in [2.05, 4.69) is 24.1 Å². The second-order valence-corrected chi connectivity index (χ2v) is 2.76. The highest BCUT2D eigenvalue weighted by molar-refractivity contribution is 4.97. The van der Waals surface area contributed by atoms with E-state index in [1.807, 2.05) is 14.0 Å². The summed E-state index contributed by atoms with van der Waals surface area (Å²) in [6.45, 7) is 4.12. The van der Waals surface area contributed by atoms with Gasteiger partial charge in [0.05, 0.1) is 0 Å². The van der Waals surface area contributed by atoms with Gasteiger partial charge in [0.1, 0.15) is 0 Å². The van der Waals surface area contributed by atoms with Crippen molar-refractivity contribution < 1.29 is 0 Å². The first-order valence-electron chi connectivity index (χ1n) is 4.42. The molecule has 1 unspecified atom stereocenters. The first-order chi connectivity index (χ1) is 5.35. The molecule has 0 heterocycles. The van der Waals surface area contributed by atoms with Gasteiger partial charge < -0.3 is 5.32 Å². The molecular formula is C10H19N. The minimum Gasteiger partial charge on any atom is -0.316 e. The standard InChI is InChI=1S/C10H19N/c1-4-6-8-10(11-3)9-7-5-2/h10-11H,4,6,8-9H2,1-3H3. The van der Waals surface area contributed by atoms with Gasteiger partial charge >= 0.3 is 0 Å². The van der Waals surface area contributed by atoms with Crippen molar-refractivity contribution in [1.82, 2.24) is 5.32 Å². The number of nitrogens with one attached hydrogen (secondary N) is 1. The van der Waals surface area contributed by atoms with Crippen molar-refractivity contribution in [3.63, 3.8) is 0 Å². The molecule has 0 fully saturated rings. The van der Waals surface area contributed by atoms with Crippen LogP contribution in [-0.4, -0.2) is 13.1 Å². The third kappa shape index (κ3) is 5.94. The number of hydrogen-bond acceptors (Lipinski definition) is 1. The van der Waals surface area contributed by atoms with Crippen LogP contribution < -0.4 is 5.32 Å². The van der Waals surface area contributed by atoms with Gasteiger partial charge in [-0.2, -0.15) is 0 Å². The van der Waals surface area contributed by atoms with Crippen molar-refractivity contribution >= 4 is 0 Å². The van der Waals surface area contributed by atoms with Crippen molar-refractivity contribution in [2.45, 2.75) is 45.6 Å². The summed E-state index contributed by atoms with van der Waals surface area (Å²) >= 11 is 0. The highest BCUT2D eigenvalue weighted by Crippen LogP contribution is 2.02. The molecule has 0 saturated heterocycles. The molecule has 0 bridgehead atoms. The summed E-state index contributed by atoms with van der Waals surface area (Å²) in [6, 6.07) is 0.599. The number of unbranched alkanes of at least 4 members (excludes halogenated alkanes) is 1. The van der Waals surface area contributed by atoms with Gasteiger partial charge in [0, 0.05) is 12.5 Å². The van der Waals surface area contributed by atoms with Crippen LogP contribution in [0.5, 0.6) is 0 Å². The van der Waals surface area contributed by atoms with Crippen LogP contribution in [0.3, 0.4) is 0 Å². The maximum atomic E-state index is 3.27. The Kier molecular flexibility index (Phi) is 7.29. The normalized spacial score (nSPS) is 11.9. The maximum absolute atomic E-state index is 3.27. The Hall–Kier alpha value is -0.480. The number of hydrogen-bond donors (Lipinski definition) is 1. The van der Waals surface area contributed by atoms with Crippen LogP contribution in [0.2, 0.25) is 0 Å². The van der Waals surface area contributed by atoms with E-state index in [-0.39, 0.29) is 0 Å². The summed E-state index contributed by atoms with van der Waals surface area (Å²) in [5, 5.41) is 3.27. The molecule has 0 saturated carbocycles. The summed E-state index contributed by atoms with van der Waals surface area (Å²) < 4.78 is 0. The van der Waals surface area contributed by atoms with Crippen LogP contribution in [0.1, 0.15) is 39.5 Å². The highest BCUT2D eigenvalue weighted by Gasteiger charge is 2.01. The zero-order valence-electron chi connectivity index (χ0n) is 7.91. The molecule has 0 aliphatic carbocycles.